The maximum absolute atomic E-state index is 12.9. The summed E-state index contributed by atoms with van der Waals surface area (Å²) in [7, 11) is 4.67. The molecular formula is C18H29NO4. The molecule has 5 nitrogen and oxygen atoms in total. The molecule has 1 rings (SSSR count). The molecule has 0 aliphatic heterocycles. The number of nitrogens with zero attached hydrogens (tertiary/aromatic N) is 1. The number of benzene rings is 1. The quantitative estimate of drug-likeness (QED) is 0.696. The number of hydrogen-bond donors (Lipinski definition) is 0. The summed E-state index contributed by atoms with van der Waals surface area (Å²) < 4.78 is 16.0. The molecule has 0 N–H and O–H groups in total. The van der Waals surface area contributed by atoms with Crippen LogP contribution in [-0.4, -0.2) is 45.2 Å². The third-order valence-electron chi connectivity index (χ3n) is 4.24. The second-order valence-electron chi connectivity index (χ2n) is 5.43. The molecule has 0 aliphatic rings. The lowest BCUT2D eigenvalue weighted by Gasteiger charge is -2.26. The van der Waals surface area contributed by atoms with Gasteiger partial charge in [-0.2, -0.15) is 0 Å². The molecule has 1 aromatic carbocycles. The lowest BCUT2D eigenvalue weighted by molar-refractivity contribution is 0.0731. The number of amides is 1. The van der Waals surface area contributed by atoms with E-state index in [0.29, 0.717) is 35.3 Å². The Labute approximate surface area is 139 Å². The predicted octanol–water partition coefficient (Wildman–Crippen LogP) is 3.61. The van der Waals surface area contributed by atoms with Crippen molar-refractivity contribution in [3.8, 4) is 17.2 Å². The van der Waals surface area contributed by atoms with E-state index in [1.54, 1.807) is 33.5 Å². The number of carbonyl (C=O) groups excluding carboxylic acids is 1. The fourth-order valence-electron chi connectivity index (χ4n) is 2.58. The van der Waals surface area contributed by atoms with Gasteiger partial charge in [-0.15, -0.1) is 0 Å². The smallest absolute Gasteiger partial charge is 0.257 e. The summed E-state index contributed by atoms with van der Waals surface area (Å²) in [6.07, 6.45) is 2.12. The molecule has 0 spiro atoms. The second kappa shape index (κ2) is 9.28. The maximum Gasteiger partial charge on any atom is 0.257 e. The number of hydrogen-bond acceptors (Lipinski definition) is 4. The van der Waals surface area contributed by atoms with Gasteiger partial charge >= 0.3 is 0 Å². The number of methoxy groups -OCH3 is 3. The zero-order chi connectivity index (χ0) is 17.4. The molecule has 0 radical (unpaired) electrons. The van der Waals surface area contributed by atoms with E-state index in [0.717, 1.165) is 19.4 Å². The molecule has 130 valence electrons. The number of carbonyl (C=O) groups is 1. The third-order valence-corrected chi connectivity index (χ3v) is 4.24. The van der Waals surface area contributed by atoms with Crippen LogP contribution in [0, 0.1) is 5.92 Å². The minimum absolute atomic E-state index is 0.0443. The van der Waals surface area contributed by atoms with Crippen LogP contribution < -0.4 is 14.2 Å². The monoisotopic (exact) mass is 323 g/mol. The first kappa shape index (κ1) is 19.1. The fourth-order valence-corrected chi connectivity index (χ4v) is 2.58. The summed E-state index contributed by atoms with van der Waals surface area (Å²) in [5, 5.41) is 0. The molecule has 0 saturated heterocycles. The van der Waals surface area contributed by atoms with Crippen molar-refractivity contribution >= 4 is 5.91 Å². The van der Waals surface area contributed by atoms with Crippen molar-refractivity contribution in [2.24, 2.45) is 5.92 Å². The van der Waals surface area contributed by atoms with E-state index < -0.39 is 0 Å². The summed E-state index contributed by atoms with van der Waals surface area (Å²) >= 11 is 0. The zero-order valence-corrected chi connectivity index (χ0v) is 15.1. The molecule has 0 fully saturated rings. The largest absolute Gasteiger partial charge is 0.496 e. The normalized spacial score (nSPS) is 10.6. The van der Waals surface area contributed by atoms with Gasteiger partial charge in [-0.05, 0) is 12.8 Å². The van der Waals surface area contributed by atoms with E-state index >= 15 is 0 Å². The van der Waals surface area contributed by atoms with E-state index in [2.05, 4.69) is 13.8 Å². The Balaban J connectivity index is 3.18. The fraction of sp³-hybridized carbons (Fsp3) is 0.611. The van der Waals surface area contributed by atoms with E-state index in [1.807, 2.05) is 11.8 Å². The SMILES string of the molecule is CCC(CC)CN(CC)C(=O)c1cc(OC)c(OC)cc1OC. The average molecular weight is 323 g/mol. The Bertz CT molecular complexity index is 512. The molecule has 0 saturated carbocycles. The zero-order valence-electron chi connectivity index (χ0n) is 15.1. The van der Waals surface area contributed by atoms with Crippen LogP contribution in [0.15, 0.2) is 12.1 Å². The predicted molar refractivity (Wildman–Crippen MR) is 91.7 cm³/mol. The summed E-state index contributed by atoms with van der Waals surface area (Å²) in [5.74, 6) is 2.03. The lowest BCUT2D eigenvalue weighted by Crippen LogP contribution is -2.35. The highest BCUT2D eigenvalue weighted by Gasteiger charge is 2.23. The van der Waals surface area contributed by atoms with Crippen molar-refractivity contribution in [2.75, 3.05) is 34.4 Å². The highest BCUT2D eigenvalue weighted by molar-refractivity contribution is 5.97. The molecule has 0 aromatic heterocycles. The van der Waals surface area contributed by atoms with Crippen molar-refractivity contribution in [2.45, 2.75) is 33.6 Å². The highest BCUT2D eigenvalue weighted by Crippen LogP contribution is 2.35. The van der Waals surface area contributed by atoms with E-state index in [4.69, 9.17) is 14.2 Å². The molecule has 1 aromatic rings. The van der Waals surface area contributed by atoms with Crippen molar-refractivity contribution < 1.29 is 19.0 Å². The molecule has 0 unspecified atom stereocenters. The Hall–Kier alpha value is -1.91. The summed E-state index contributed by atoms with van der Waals surface area (Å²) in [5.41, 5.74) is 0.498. The van der Waals surface area contributed by atoms with Gasteiger partial charge in [-0.1, -0.05) is 26.7 Å². The van der Waals surface area contributed by atoms with Gasteiger partial charge in [0.2, 0.25) is 0 Å². The molecule has 23 heavy (non-hydrogen) atoms. The number of ether oxygens (including phenoxy) is 3. The molecule has 1 amide bonds. The Morgan fingerprint density at radius 2 is 1.48 bits per heavy atom. The Morgan fingerprint density at radius 3 is 1.91 bits per heavy atom. The molecule has 0 atom stereocenters. The van der Waals surface area contributed by atoms with Gasteiger partial charge in [-0.25, -0.2) is 0 Å². The lowest BCUT2D eigenvalue weighted by atomic mass is 10.0. The molecule has 5 heteroatoms. The first-order valence-electron chi connectivity index (χ1n) is 8.15. The summed E-state index contributed by atoms with van der Waals surface area (Å²) in [6.45, 7) is 7.72. The van der Waals surface area contributed by atoms with Gasteiger partial charge in [0.1, 0.15) is 5.75 Å². The highest BCUT2D eigenvalue weighted by atomic mass is 16.5. The van der Waals surface area contributed by atoms with Crippen LogP contribution >= 0.6 is 0 Å². The minimum Gasteiger partial charge on any atom is -0.496 e. The third kappa shape index (κ3) is 4.53. The molecular weight excluding hydrogens is 294 g/mol. The van der Waals surface area contributed by atoms with Crippen molar-refractivity contribution in [3.63, 3.8) is 0 Å². The maximum atomic E-state index is 12.9. The van der Waals surface area contributed by atoms with Gasteiger partial charge < -0.3 is 19.1 Å². The van der Waals surface area contributed by atoms with Gasteiger partial charge in [0, 0.05) is 25.2 Å². The second-order valence-corrected chi connectivity index (χ2v) is 5.43. The van der Waals surface area contributed by atoms with Gasteiger partial charge in [0.25, 0.3) is 5.91 Å². The molecule has 0 heterocycles. The van der Waals surface area contributed by atoms with Crippen molar-refractivity contribution in [1.29, 1.82) is 0 Å². The molecule has 0 bridgehead atoms. The Morgan fingerprint density at radius 1 is 0.957 bits per heavy atom. The summed E-state index contributed by atoms with van der Waals surface area (Å²) in [4.78, 5) is 14.8. The minimum atomic E-state index is -0.0443. The van der Waals surface area contributed by atoms with Crippen LogP contribution in [0.3, 0.4) is 0 Å². The van der Waals surface area contributed by atoms with Gasteiger partial charge in [-0.3, -0.25) is 4.79 Å². The van der Waals surface area contributed by atoms with Crippen LogP contribution in [0.4, 0.5) is 0 Å². The van der Waals surface area contributed by atoms with Crippen molar-refractivity contribution in [3.05, 3.63) is 17.7 Å². The van der Waals surface area contributed by atoms with Crippen LogP contribution in [0.25, 0.3) is 0 Å². The van der Waals surface area contributed by atoms with Gasteiger partial charge in [0.05, 0.1) is 26.9 Å². The van der Waals surface area contributed by atoms with Gasteiger partial charge in [0.15, 0.2) is 11.5 Å². The number of rotatable bonds is 9. The van der Waals surface area contributed by atoms with E-state index in [1.165, 1.54) is 0 Å². The Kier molecular flexibility index (Phi) is 7.72. The van der Waals surface area contributed by atoms with Crippen molar-refractivity contribution in [1.82, 2.24) is 4.90 Å². The molecule has 0 aliphatic carbocycles. The van der Waals surface area contributed by atoms with Crippen LogP contribution in [0.2, 0.25) is 0 Å². The topological polar surface area (TPSA) is 48.0 Å². The van der Waals surface area contributed by atoms with E-state index in [-0.39, 0.29) is 5.91 Å². The van der Waals surface area contributed by atoms with Crippen LogP contribution in [0.1, 0.15) is 44.0 Å². The summed E-state index contributed by atoms with van der Waals surface area (Å²) in [6, 6.07) is 3.38. The standard InChI is InChI=1S/C18H29NO4/c1-7-13(8-2)12-19(9-3)18(20)14-10-16(22-5)17(23-6)11-15(14)21-4/h10-11,13H,7-9,12H2,1-6H3. The average Bonchev–Trinajstić information content (AvgIpc) is 2.60. The first-order chi connectivity index (χ1) is 11.1. The van der Waals surface area contributed by atoms with E-state index in [9.17, 15) is 4.79 Å². The first-order valence-corrected chi connectivity index (χ1v) is 8.15. The van der Waals surface area contributed by atoms with Crippen LogP contribution in [0.5, 0.6) is 17.2 Å². The van der Waals surface area contributed by atoms with Crippen LogP contribution in [-0.2, 0) is 0 Å².